The monoisotopic (exact) mass is 627 g/mol. The van der Waals surface area contributed by atoms with E-state index in [9.17, 15) is 21.6 Å². The number of nitrogens with one attached hydrogen (secondary N) is 2. The number of amides is 1. The lowest BCUT2D eigenvalue weighted by Gasteiger charge is -2.24. The predicted octanol–water partition coefficient (Wildman–Crippen LogP) is 5.70. The third-order valence-electron chi connectivity index (χ3n) is 5.82. The van der Waals surface area contributed by atoms with Crippen LogP contribution in [-0.2, 0) is 24.8 Å². The van der Waals surface area contributed by atoms with Crippen LogP contribution >= 0.6 is 15.9 Å². The van der Waals surface area contributed by atoms with E-state index < -0.39 is 32.5 Å². The maximum atomic E-state index is 13.4. The number of benzene rings is 4. The van der Waals surface area contributed by atoms with E-state index in [-0.39, 0.29) is 9.79 Å². The number of nitrogens with zero attached hydrogens (tertiary/aromatic N) is 1. The smallest absolute Gasteiger partial charge is 0.264 e. The molecule has 11 heteroatoms. The minimum absolute atomic E-state index is 0.0181. The molecule has 0 saturated heterocycles. The molecule has 0 radical (unpaired) electrons. The van der Waals surface area contributed by atoms with Gasteiger partial charge >= 0.3 is 0 Å². The van der Waals surface area contributed by atoms with Gasteiger partial charge in [-0.25, -0.2) is 16.8 Å². The Balaban J connectivity index is 1.52. The largest absolute Gasteiger partial charge is 0.325 e. The van der Waals surface area contributed by atoms with Crippen LogP contribution in [0.2, 0.25) is 0 Å². The minimum Gasteiger partial charge on any atom is -0.325 e. The fraction of sp³-hybridized carbons (Fsp3) is 0.107. The van der Waals surface area contributed by atoms with Crippen molar-refractivity contribution in [1.29, 1.82) is 0 Å². The summed E-state index contributed by atoms with van der Waals surface area (Å²) >= 11 is 3.34. The Bertz CT molecular complexity index is 1690. The second-order valence-electron chi connectivity index (χ2n) is 8.80. The summed E-state index contributed by atoms with van der Waals surface area (Å²) < 4.78 is 57.0. The van der Waals surface area contributed by atoms with Crippen LogP contribution in [0, 0.1) is 13.8 Å². The van der Waals surface area contributed by atoms with E-state index in [4.69, 9.17) is 0 Å². The summed E-state index contributed by atoms with van der Waals surface area (Å²) in [7, 11) is -7.91. The lowest BCUT2D eigenvalue weighted by Crippen LogP contribution is -2.38. The van der Waals surface area contributed by atoms with Gasteiger partial charge in [0.2, 0.25) is 5.91 Å². The topological polar surface area (TPSA) is 113 Å². The zero-order chi connectivity index (χ0) is 28.2. The Hall–Kier alpha value is -3.67. The van der Waals surface area contributed by atoms with Gasteiger partial charge < -0.3 is 5.32 Å². The Labute approximate surface area is 236 Å². The van der Waals surface area contributed by atoms with Crippen molar-refractivity contribution in [2.24, 2.45) is 0 Å². The van der Waals surface area contributed by atoms with E-state index in [0.29, 0.717) is 17.1 Å². The molecule has 4 rings (SSSR count). The van der Waals surface area contributed by atoms with E-state index in [1.165, 1.54) is 36.4 Å². The molecule has 0 aliphatic carbocycles. The summed E-state index contributed by atoms with van der Waals surface area (Å²) in [4.78, 5) is 13.0. The molecule has 0 saturated carbocycles. The van der Waals surface area contributed by atoms with Gasteiger partial charge in [0.1, 0.15) is 6.54 Å². The molecule has 0 aromatic heterocycles. The molecule has 4 aromatic carbocycles. The Kier molecular flexibility index (Phi) is 8.43. The standard InChI is InChI=1S/C28H26BrN3O5S2/c1-20-8-9-21(2)27(18-20)31-38(34,35)25-16-12-23(13-17-25)30-28(33)19-32(24-14-10-22(29)11-15-24)39(36,37)26-6-4-3-5-7-26/h3-18,31H,19H2,1-2H3,(H,30,33). The zero-order valence-electron chi connectivity index (χ0n) is 21.1. The second kappa shape index (κ2) is 11.6. The summed E-state index contributed by atoms with van der Waals surface area (Å²) in [5, 5.41) is 2.65. The Morgan fingerprint density at radius 3 is 2.08 bits per heavy atom. The number of carbonyl (C=O) groups is 1. The SMILES string of the molecule is Cc1ccc(C)c(NS(=O)(=O)c2ccc(NC(=O)CN(c3ccc(Br)cc3)S(=O)(=O)c3ccccc3)cc2)c1. The maximum absolute atomic E-state index is 13.4. The van der Waals surface area contributed by atoms with Gasteiger partial charge in [0.25, 0.3) is 20.0 Å². The average molecular weight is 629 g/mol. The number of carbonyl (C=O) groups excluding carboxylic acids is 1. The first-order valence-corrected chi connectivity index (χ1v) is 15.5. The van der Waals surface area contributed by atoms with Crippen molar-refractivity contribution in [3.8, 4) is 0 Å². The molecule has 0 fully saturated rings. The summed E-state index contributed by atoms with van der Waals surface area (Å²) in [5.74, 6) is -0.596. The molecule has 8 nitrogen and oxygen atoms in total. The van der Waals surface area contributed by atoms with Crippen LogP contribution in [0.3, 0.4) is 0 Å². The molecular weight excluding hydrogens is 602 g/mol. The first-order valence-electron chi connectivity index (χ1n) is 11.8. The van der Waals surface area contributed by atoms with Crippen molar-refractivity contribution in [3.05, 3.63) is 113 Å². The minimum atomic E-state index is -4.05. The van der Waals surface area contributed by atoms with Crippen molar-refractivity contribution in [2.45, 2.75) is 23.6 Å². The first kappa shape index (κ1) is 28.3. The number of anilines is 3. The maximum Gasteiger partial charge on any atom is 0.264 e. The van der Waals surface area contributed by atoms with Gasteiger partial charge in [-0.3, -0.25) is 13.8 Å². The van der Waals surface area contributed by atoms with Gasteiger partial charge in [0, 0.05) is 10.2 Å². The normalized spacial score (nSPS) is 11.6. The highest BCUT2D eigenvalue weighted by Crippen LogP contribution is 2.26. The molecule has 4 aromatic rings. The molecule has 39 heavy (non-hydrogen) atoms. The summed E-state index contributed by atoms with van der Waals surface area (Å²) in [6.45, 7) is 3.19. The summed E-state index contributed by atoms with van der Waals surface area (Å²) in [5.41, 5.74) is 2.83. The Morgan fingerprint density at radius 1 is 0.795 bits per heavy atom. The molecule has 0 bridgehead atoms. The Morgan fingerprint density at radius 2 is 1.44 bits per heavy atom. The molecule has 202 valence electrons. The van der Waals surface area contributed by atoms with Gasteiger partial charge in [-0.2, -0.15) is 0 Å². The van der Waals surface area contributed by atoms with Crippen LogP contribution in [-0.4, -0.2) is 29.3 Å². The van der Waals surface area contributed by atoms with Gasteiger partial charge in [-0.15, -0.1) is 0 Å². The van der Waals surface area contributed by atoms with E-state index >= 15 is 0 Å². The fourth-order valence-electron chi connectivity index (χ4n) is 3.74. The molecule has 0 aliphatic rings. The van der Waals surface area contributed by atoms with Crippen molar-refractivity contribution < 1.29 is 21.6 Å². The molecule has 1 amide bonds. The number of rotatable bonds is 9. The highest BCUT2D eigenvalue weighted by atomic mass is 79.9. The van der Waals surface area contributed by atoms with Crippen LogP contribution in [0.4, 0.5) is 17.1 Å². The van der Waals surface area contributed by atoms with Crippen molar-refractivity contribution in [2.75, 3.05) is 20.9 Å². The van der Waals surface area contributed by atoms with Gasteiger partial charge in [0.15, 0.2) is 0 Å². The molecular formula is C28H26BrN3O5S2. The van der Waals surface area contributed by atoms with Crippen LogP contribution < -0.4 is 14.3 Å². The van der Waals surface area contributed by atoms with Crippen LogP contribution in [0.1, 0.15) is 11.1 Å². The lowest BCUT2D eigenvalue weighted by atomic mass is 10.1. The van der Waals surface area contributed by atoms with Crippen molar-refractivity contribution in [1.82, 2.24) is 0 Å². The number of hydrogen-bond donors (Lipinski definition) is 2. The molecule has 0 unspecified atom stereocenters. The number of sulfonamides is 2. The van der Waals surface area contributed by atoms with E-state index in [1.807, 2.05) is 26.0 Å². The highest BCUT2D eigenvalue weighted by Gasteiger charge is 2.27. The van der Waals surface area contributed by atoms with Crippen LogP contribution in [0.15, 0.2) is 111 Å². The summed E-state index contributed by atoms with van der Waals surface area (Å²) in [6.07, 6.45) is 0. The molecule has 0 atom stereocenters. The molecule has 2 N–H and O–H groups in total. The third kappa shape index (κ3) is 6.86. The van der Waals surface area contributed by atoms with E-state index in [0.717, 1.165) is 19.9 Å². The first-order chi connectivity index (χ1) is 18.5. The molecule has 0 aliphatic heterocycles. The van der Waals surface area contributed by atoms with Crippen LogP contribution in [0.25, 0.3) is 0 Å². The van der Waals surface area contributed by atoms with Crippen molar-refractivity contribution >= 4 is 58.9 Å². The predicted molar refractivity (Wildman–Crippen MR) is 157 cm³/mol. The number of hydrogen-bond acceptors (Lipinski definition) is 5. The molecule has 0 spiro atoms. The number of halogens is 1. The van der Waals surface area contributed by atoms with E-state index in [1.54, 1.807) is 48.5 Å². The highest BCUT2D eigenvalue weighted by molar-refractivity contribution is 9.10. The van der Waals surface area contributed by atoms with E-state index in [2.05, 4.69) is 26.0 Å². The van der Waals surface area contributed by atoms with Gasteiger partial charge in [0.05, 0.1) is 21.2 Å². The second-order valence-corrected chi connectivity index (χ2v) is 13.3. The molecule has 0 heterocycles. The quantitative estimate of drug-likeness (QED) is 0.247. The van der Waals surface area contributed by atoms with Gasteiger partial charge in [-0.05, 0) is 91.7 Å². The summed E-state index contributed by atoms with van der Waals surface area (Å²) in [6, 6.07) is 25.5. The lowest BCUT2D eigenvalue weighted by molar-refractivity contribution is -0.114. The number of aryl methyl sites for hydroxylation is 2. The van der Waals surface area contributed by atoms with Gasteiger partial charge in [-0.1, -0.05) is 46.3 Å². The van der Waals surface area contributed by atoms with Crippen LogP contribution in [0.5, 0.6) is 0 Å². The zero-order valence-corrected chi connectivity index (χ0v) is 24.3. The average Bonchev–Trinajstić information content (AvgIpc) is 2.90. The third-order valence-corrected chi connectivity index (χ3v) is 9.52. The van der Waals surface area contributed by atoms with Crippen molar-refractivity contribution in [3.63, 3.8) is 0 Å². The fourth-order valence-corrected chi connectivity index (χ4v) is 6.57.